The van der Waals surface area contributed by atoms with Gasteiger partial charge in [0.1, 0.15) is 6.54 Å². The molecule has 0 saturated heterocycles. The van der Waals surface area contributed by atoms with E-state index in [2.05, 4.69) is 10.6 Å². The quantitative estimate of drug-likeness (QED) is 0.403. The number of anilines is 1. The van der Waals surface area contributed by atoms with Crippen LogP contribution in [-0.2, 0) is 19.1 Å². The molecule has 1 aromatic rings. The lowest BCUT2D eigenvalue weighted by Gasteiger charge is -2.20. The van der Waals surface area contributed by atoms with E-state index in [-0.39, 0.29) is 34.8 Å². The molecule has 2 amide bonds. The number of nitro benzene ring substituents is 1. The van der Waals surface area contributed by atoms with Gasteiger partial charge in [-0.1, -0.05) is 30.9 Å². The predicted molar refractivity (Wildman–Crippen MR) is 102 cm³/mol. The van der Waals surface area contributed by atoms with Gasteiger partial charge in [0.2, 0.25) is 5.91 Å². The fourth-order valence-electron chi connectivity index (χ4n) is 2.91. The second kappa shape index (κ2) is 10.0. The molecule has 1 aliphatic rings. The molecule has 1 unspecified atom stereocenters. The molecule has 1 fully saturated rings. The summed E-state index contributed by atoms with van der Waals surface area (Å²) in [7, 11) is 0. The fraction of sp³-hybridized carbons (Fsp3) is 0.500. The first-order chi connectivity index (χ1) is 13.3. The maximum absolute atomic E-state index is 12.1. The highest BCUT2D eigenvalue weighted by Crippen LogP contribution is 2.27. The Morgan fingerprint density at radius 2 is 1.96 bits per heavy atom. The molecule has 9 nitrogen and oxygen atoms in total. The van der Waals surface area contributed by atoms with E-state index in [4.69, 9.17) is 16.3 Å². The molecule has 0 heterocycles. The molecule has 0 aromatic heterocycles. The summed E-state index contributed by atoms with van der Waals surface area (Å²) in [6.45, 7) is 1.06. The molecule has 1 aromatic carbocycles. The van der Waals surface area contributed by atoms with Crippen molar-refractivity contribution in [1.82, 2.24) is 5.32 Å². The minimum absolute atomic E-state index is 0.0131. The average Bonchev–Trinajstić information content (AvgIpc) is 2.68. The monoisotopic (exact) mass is 411 g/mol. The Bertz CT molecular complexity index is 764. The van der Waals surface area contributed by atoms with Gasteiger partial charge in [0.05, 0.1) is 15.6 Å². The largest absolute Gasteiger partial charge is 0.451 e. The summed E-state index contributed by atoms with van der Waals surface area (Å²) in [5, 5.41) is 15.7. The van der Waals surface area contributed by atoms with Crippen LogP contribution in [0.5, 0.6) is 0 Å². The first-order valence-corrected chi connectivity index (χ1v) is 9.37. The number of amides is 2. The van der Waals surface area contributed by atoms with Crippen LogP contribution in [0.2, 0.25) is 5.02 Å². The molecule has 10 heteroatoms. The third-order valence-corrected chi connectivity index (χ3v) is 4.79. The number of benzene rings is 1. The number of nitrogens with zero attached hydrogens (tertiary/aromatic N) is 1. The van der Waals surface area contributed by atoms with E-state index in [1.54, 1.807) is 0 Å². The maximum atomic E-state index is 12.1. The number of nitro groups is 1. The number of esters is 1. The lowest BCUT2D eigenvalue weighted by atomic mass is 9.89. The van der Waals surface area contributed by atoms with Gasteiger partial charge in [-0.15, -0.1) is 0 Å². The number of rotatable bonds is 7. The van der Waals surface area contributed by atoms with Crippen molar-refractivity contribution in [3.63, 3.8) is 0 Å². The second-order valence-electron chi connectivity index (χ2n) is 6.60. The number of carbonyl (C=O) groups excluding carboxylic acids is 3. The third-order valence-electron chi connectivity index (χ3n) is 4.48. The van der Waals surface area contributed by atoms with Crippen LogP contribution in [0.4, 0.5) is 11.4 Å². The minimum atomic E-state index is -1.13. The zero-order valence-corrected chi connectivity index (χ0v) is 16.2. The van der Waals surface area contributed by atoms with E-state index in [0.717, 1.165) is 38.2 Å². The van der Waals surface area contributed by atoms with Gasteiger partial charge in [0, 0.05) is 18.1 Å². The number of nitrogens with one attached hydrogen (secondary N) is 2. The van der Waals surface area contributed by atoms with E-state index < -0.39 is 22.9 Å². The molecule has 152 valence electrons. The number of hydrogen-bond donors (Lipinski definition) is 2. The zero-order chi connectivity index (χ0) is 20.7. The second-order valence-corrected chi connectivity index (χ2v) is 7.00. The summed E-state index contributed by atoms with van der Waals surface area (Å²) in [5.41, 5.74) is -0.0538. The Labute approximate surface area is 166 Å². The van der Waals surface area contributed by atoms with Gasteiger partial charge in [0.15, 0.2) is 6.10 Å². The minimum Gasteiger partial charge on any atom is -0.451 e. The number of carbonyl (C=O) groups is 3. The van der Waals surface area contributed by atoms with Crippen LogP contribution in [0.1, 0.15) is 39.0 Å². The number of halogens is 1. The van der Waals surface area contributed by atoms with Gasteiger partial charge in [-0.2, -0.15) is 0 Å². The Morgan fingerprint density at radius 3 is 2.57 bits per heavy atom. The fourth-order valence-corrected chi connectivity index (χ4v) is 3.14. The van der Waals surface area contributed by atoms with E-state index >= 15 is 0 Å². The van der Waals surface area contributed by atoms with Crippen LogP contribution in [0.25, 0.3) is 0 Å². The zero-order valence-electron chi connectivity index (χ0n) is 15.4. The molecular weight excluding hydrogens is 390 g/mol. The number of hydrogen-bond acceptors (Lipinski definition) is 6. The Hall–Kier alpha value is -2.68. The first-order valence-electron chi connectivity index (χ1n) is 9.00. The average molecular weight is 412 g/mol. The highest BCUT2D eigenvalue weighted by molar-refractivity contribution is 6.34. The van der Waals surface area contributed by atoms with E-state index in [1.807, 2.05) is 0 Å². The summed E-state index contributed by atoms with van der Waals surface area (Å²) in [6.07, 6.45) is 3.63. The molecule has 1 atom stereocenters. The molecule has 2 N–H and O–H groups in total. The molecule has 1 aliphatic carbocycles. The van der Waals surface area contributed by atoms with Gasteiger partial charge in [0.25, 0.3) is 11.6 Å². The van der Waals surface area contributed by atoms with E-state index in [0.29, 0.717) is 0 Å². The molecule has 0 bridgehead atoms. The van der Waals surface area contributed by atoms with Crippen molar-refractivity contribution >= 4 is 40.8 Å². The van der Waals surface area contributed by atoms with Crippen molar-refractivity contribution in [3.05, 3.63) is 33.3 Å². The summed E-state index contributed by atoms with van der Waals surface area (Å²) in [4.78, 5) is 46.1. The molecule has 28 heavy (non-hydrogen) atoms. The number of non-ortho nitro benzene ring substituents is 1. The number of ether oxygens (including phenoxy) is 1. The Balaban J connectivity index is 1.80. The first kappa shape index (κ1) is 21.6. The van der Waals surface area contributed by atoms with Crippen molar-refractivity contribution in [2.45, 2.75) is 45.1 Å². The Morgan fingerprint density at radius 1 is 1.29 bits per heavy atom. The van der Waals surface area contributed by atoms with Crippen molar-refractivity contribution < 1.29 is 24.0 Å². The Kier molecular flexibility index (Phi) is 7.74. The van der Waals surface area contributed by atoms with Gasteiger partial charge < -0.3 is 15.4 Å². The van der Waals surface area contributed by atoms with Crippen LogP contribution < -0.4 is 10.6 Å². The van der Waals surface area contributed by atoms with Gasteiger partial charge in [-0.3, -0.25) is 24.5 Å². The maximum Gasteiger partial charge on any atom is 0.326 e. The van der Waals surface area contributed by atoms with E-state index in [1.165, 1.54) is 19.1 Å². The summed E-state index contributed by atoms with van der Waals surface area (Å²) >= 11 is 5.91. The van der Waals surface area contributed by atoms with Crippen molar-refractivity contribution in [3.8, 4) is 0 Å². The van der Waals surface area contributed by atoms with Gasteiger partial charge >= 0.3 is 5.97 Å². The van der Waals surface area contributed by atoms with Gasteiger partial charge in [-0.05, 0) is 25.8 Å². The van der Waals surface area contributed by atoms with Crippen molar-refractivity contribution in [1.29, 1.82) is 0 Å². The predicted octanol–water partition coefficient (Wildman–Crippen LogP) is 2.81. The smallest absolute Gasteiger partial charge is 0.326 e. The van der Waals surface area contributed by atoms with E-state index in [9.17, 15) is 24.5 Å². The lowest BCUT2D eigenvalue weighted by Crippen LogP contribution is -2.38. The van der Waals surface area contributed by atoms with Crippen molar-refractivity contribution in [2.75, 3.05) is 11.9 Å². The topological polar surface area (TPSA) is 128 Å². The van der Waals surface area contributed by atoms with Crippen LogP contribution in [0.15, 0.2) is 18.2 Å². The van der Waals surface area contributed by atoms with Crippen LogP contribution in [0.3, 0.4) is 0 Å². The molecular formula is C18H22ClN3O6. The molecule has 0 aliphatic heterocycles. The van der Waals surface area contributed by atoms with Crippen LogP contribution in [0, 0.1) is 16.0 Å². The molecule has 1 saturated carbocycles. The lowest BCUT2D eigenvalue weighted by molar-refractivity contribution is -0.384. The normalized spacial score (nSPS) is 15.4. The van der Waals surface area contributed by atoms with Crippen LogP contribution >= 0.6 is 11.6 Å². The highest BCUT2D eigenvalue weighted by atomic mass is 35.5. The highest BCUT2D eigenvalue weighted by Gasteiger charge is 2.23. The SMILES string of the molecule is CC(OC(=O)CNC(=O)C1CCCCC1)C(=O)Nc1ccc([N+](=O)[O-])cc1Cl. The summed E-state index contributed by atoms with van der Waals surface area (Å²) in [6, 6.07) is 3.59. The molecule has 0 spiro atoms. The summed E-state index contributed by atoms with van der Waals surface area (Å²) < 4.78 is 5.01. The third kappa shape index (κ3) is 6.19. The van der Waals surface area contributed by atoms with Gasteiger partial charge in [-0.25, -0.2) is 0 Å². The van der Waals surface area contributed by atoms with Crippen molar-refractivity contribution in [2.24, 2.45) is 5.92 Å². The summed E-state index contributed by atoms with van der Waals surface area (Å²) in [5.74, 6) is -1.64. The molecule has 0 radical (unpaired) electrons. The molecule has 2 rings (SSSR count). The van der Waals surface area contributed by atoms with Crippen LogP contribution in [-0.4, -0.2) is 35.4 Å². The standard InChI is InChI=1S/C18H22ClN3O6/c1-11(17(24)21-15-8-7-13(22(26)27)9-14(15)19)28-16(23)10-20-18(25)12-5-3-2-4-6-12/h7-9,11-12H,2-6,10H2,1H3,(H,20,25)(H,21,24).